The summed E-state index contributed by atoms with van der Waals surface area (Å²) < 4.78 is 7.15. The molecule has 0 radical (unpaired) electrons. The molecule has 1 atom stereocenters. The second kappa shape index (κ2) is 5.16. The highest BCUT2D eigenvalue weighted by Gasteiger charge is 2.13. The van der Waals surface area contributed by atoms with Crippen LogP contribution in [0, 0.1) is 0 Å². The second-order valence-corrected chi connectivity index (χ2v) is 4.82. The van der Waals surface area contributed by atoms with E-state index in [4.69, 9.17) is 27.9 Å². The molecule has 0 fully saturated rings. The van der Waals surface area contributed by atoms with Crippen molar-refractivity contribution in [2.75, 3.05) is 6.61 Å². The minimum Gasteiger partial charge on any atom is -0.377 e. The van der Waals surface area contributed by atoms with Gasteiger partial charge in [0.05, 0.1) is 12.6 Å². The SMILES string of the molecule is CCOC(C)Cn1sc(Cl)c(Cl)c1=O. The quantitative estimate of drug-likeness (QED) is 0.829. The molecule has 0 amide bonds. The van der Waals surface area contributed by atoms with Crippen molar-refractivity contribution in [3.63, 3.8) is 0 Å². The third kappa shape index (κ3) is 2.73. The molecular formula is C8H11Cl2NO2S. The Kier molecular flexibility index (Phi) is 4.44. The Balaban J connectivity index is 2.77. The van der Waals surface area contributed by atoms with Gasteiger partial charge in [0.15, 0.2) is 0 Å². The molecule has 14 heavy (non-hydrogen) atoms. The zero-order chi connectivity index (χ0) is 10.7. The molecule has 0 spiro atoms. The Bertz CT molecular complexity index is 361. The molecule has 6 heteroatoms. The lowest BCUT2D eigenvalue weighted by atomic mass is 10.4. The van der Waals surface area contributed by atoms with Gasteiger partial charge in [-0.3, -0.25) is 8.75 Å². The first kappa shape index (κ1) is 12.0. The summed E-state index contributed by atoms with van der Waals surface area (Å²) in [5.74, 6) is 0. The van der Waals surface area contributed by atoms with Gasteiger partial charge in [-0.15, -0.1) is 0 Å². The Hall–Kier alpha value is -0.0300. The topological polar surface area (TPSA) is 31.2 Å². The van der Waals surface area contributed by atoms with Crippen LogP contribution in [0.25, 0.3) is 0 Å². The zero-order valence-corrected chi connectivity index (χ0v) is 10.2. The van der Waals surface area contributed by atoms with Crippen LogP contribution in [-0.2, 0) is 11.3 Å². The highest BCUT2D eigenvalue weighted by Crippen LogP contribution is 2.23. The highest BCUT2D eigenvalue weighted by molar-refractivity contribution is 7.11. The van der Waals surface area contributed by atoms with E-state index in [-0.39, 0.29) is 16.7 Å². The molecule has 0 aromatic carbocycles. The van der Waals surface area contributed by atoms with Gasteiger partial charge in [0.1, 0.15) is 9.36 Å². The maximum atomic E-state index is 11.4. The smallest absolute Gasteiger partial charge is 0.281 e. The van der Waals surface area contributed by atoms with Gasteiger partial charge in [-0.25, -0.2) is 0 Å². The summed E-state index contributed by atoms with van der Waals surface area (Å²) in [4.78, 5) is 11.4. The van der Waals surface area contributed by atoms with Crippen LogP contribution in [0.1, 0.15) is 13.8 Å². The van der Waals surface area contributed by atoms with Crippen LogP contribution in [0.3, 0.4) is 0 Å². The van der Waals surface area contributed by atoms with Crippen LogP contribution in [0.4, 0.5) is 0 Å². The molecule has 80 valence electrons. The van der Waals surface area contributed by atoms with E-state index in [1.165, 1.54) is 3.96 Å². The number of hydrogen-bond donors (Lipinski definition) is 0. The number of halogens is 2. The van der Waals surface area contributed by atoms with Crippen molar-refractivity contribution in [2.24, 2.45) is 0 Å². The fourth-order valence-corrected chi connectivity index (χ4v) is 2.47. The monoisotopic (exact) mass is 255 g/mol. The predicted molar refractivity (Wildman–Crippen MR) is 59.7 cm³/mol. The summed E-state index contributed by atoms with van der Waals surface area (Å²) in [5, 5.41) is 0.0976. The van der Waals surface area contributed by atoms with Crippen molar-refractivity contribution in [3.8, 4) is 0 Å². The number of hydrogen-bond acceptors (Lipinski definition) is 3. The van der Waals surface area contributed by atoms with Crippen molar-refractivity contribution in [1.82, 2.24) is 3.96 Å². The van der Waals surface area contributed by atoms with E-state index in [1.54, 1.807) is 0 Å². The molecule has 0 aliphatic carbocycles. The van der Waals surface area contributed by atoms with Gasteiger partial charge in [-0.2, -0.15) is 0 Å². The Morgan fingerprint density at radius 3 is 2.64 bits per heavy atom. The fourth-order valence-electron chi connectivity index (χ4n) is 1.06. The van der Waals surface area contributed by atoms with E-state index in [1.807, 2.05) is 13.8 Å². The van der Waals surface area contributed by atoms with E-state index in [0.717, 1.165) is 11.5 Å². The maximum absolute atomic E-state index is 11.4. The van der Waals surface area contributed by atoms with E-state index in [9.17, 15) is 4.79 Å². The molecule has 1 unspecified atom stereocenters. The molecule has 1 rings (SSSR count). The Morgan fingerprint density at radius 2 is 2.21 bits per heavy atom. The lowest BCUT2D eigenvalue weighted by Gasteiger charge is -2.10. The lowest BCUT2D eigenvalue weighted by molar-refractivity contribution is 0.0655. The third-order valence-corrected chi connectivity index (χ3v) is 3.51. The van der Waals surface area contributed by atoms with Crippen molar-refractivity contribution >= 4 is 34.7 Å². The number of aromatic nitrogens is 1. The van der Waals surface area contributed by atoms with Crippen LogP contribution in [0.5, 0.6) is 0 Å². The van der Waals surface area contributed by atoms with Gasteiger partial charge in [0.2, 0.25) is 0 Å². The minimum absolute atomic E-state index is 0.0107. The minimum atomic E-state index is -0.242. The molecule has 0 saturated carbocycles. The van der Waals surface area contributed by atoms with Gasteiger partial charge in [0, 0.05) is 6.61 Å². The molecular weight excluding hydrogens is 245 g/mol. The highest BCUT2D eigenvalue weighted by atomic mass is 35.5. The van der Waals surface area contributed by atoms with Crippen molar-refractivity contribution in [2.45, 2.75) is 26.5 Å². The van der Waals surface area contributed by atoms with Crippen molar-refractivity contribution in [3.05, 3.63) is 19.7 Å². The molecule has 1 heterocycles. The van der Waals surface area contributed by atoms with E-state index in [0.29, 0.717) is 17.5 Å². The molecule has 1 aromatic rings. The molecule has 3 nitrogen and oxygen atoms in total. The largest absolute Gasteiger partial charge is 0.377 e. The van der Waals surface area contributed by atoms with Crippen LogP contribution in [0.2, 0.25) is 9.36 Å². The number of ether oxygens (including phenoxy) is 1. The van der Waals surface area contributed by atoms with Crippen LogP contribution >= 0.6 is 34.7 Å². The first-order chi connectivity index (χ1) is 6.56. The maximum Gasteiger partial charge on any atom is 0.281 e. The zero-order valence-electron chi connectivity index (χ0n) is 7.92. The molecule has 0 aliphatic rings. The average Bonchev–Trinajstić information content (AvgIpc) is 2.34. The summed E-state index contributed by atoms with van der Waals surface area (Å²) in [7, 11) is 0. The van der Waals surface area contributed by atoms with Crippen LogP contribution < -0.4 is 5.56 Å². The van der Waals surface area contributed by atoms with Crippen molar-refractivity contribution in [1.29, 1.82) is 0 Å². The standard InChI is InChI=1S/C8H11Cl2NO2S/c1-3-13-5(2)4-11-8(12)6(9)7(10)14-11/h5H,3-4H2,1-2H3. The predicted octanol–water partition coefficient (Wildman–Crippen LogP) is 2.64. The van der Waals surface area contributed by atoms with E-state index >= 15 is 0 Å². The first-order valence-corrected chi connectivity index (χ1v) is 5.76. The molecule has 0 N–H and O–H groups in total. The van der Waals surface area contributed by atoms with Crippen LogP contribution in [-0.4, -0.2) is 16.7 Å². The van der Waals surface area contributed by atoms with Gasteiger partial charge in [0.25, 0.3) is 5.56 Å². The summed E-state index contributed by atoms with van der Waals surface area (Å²) in [6.45, 7) is 4.93. The third-order valence-electron chi connectivity index (χ3n) is 1.65. The Morgan fingerprint density at radius 1 is 1.57 bits per heavy atom. The van der Waals surface area contributed by atoms with Crippen LogP contribution in [0.15, 0.2) is 4.79 Å². The fraction of sp³-hybridized carbons (Fsp3) is 0.625. The van der Waals surface area contributed by atoms with Gasteiger partial charge in [-0.1, -0.05) is 23.2 Å². The molecule has 0 aliphatic heterocycles. The van der Waals surface area contributed by atoms with Gasteiger partial charge >= 0.3 is 0 Å². The van der Waals surface area contributed by atoms with Crippen molar-refractivity contribution < 1.29 is 4.74 Å². The lowest BCUT2D eigenvalue weighted by Crippen LogP contribution is -2.22. The number of nitrogens with zero attached hydrogens (tertiary/aromatic N) is 1. The molecule has 0 bridgehead atoms. The van der Waals surface area contributed by atoms with Gasteiger partial charge < -0.3 is 4.74 Å². The summed E-state index contributed by atoms with van der Waals surface area (Å²) >= 11 is 12.5. The second-order valence-electron chi connectivity index (χ2n) is 2.81. The van der Waals surface area contributed by atoms with E-state index < -0.39 is 0 Å². The average molecular weight is 256 g/mol. The van der Waals surface area contributed by atoms with Gasteiger partial charge in [-0.05, 0) is 25.4 Å². The number of rotatable bonds is 4. The first-order valence-electron chi connectivity index (χ1n) is 4.23. The summed E-state index contributed by atoms with van der Waals surface area (Å²) in [5.41, 5.74) is -0.242. The summed E-state index contributed by atoms with van der Waals surface area (Å²) in [6, 6.07) is 0. The molecule has 1 aromatic heterocycles. The van der Waals surface area contributed by atoms with E-state index in [2.05, 4.69) is 0 Å². The molecule has 0 saturated heterocycles. The Labute approximate surface area is 96.3 Å². The summed E-state index contributed by atoms with van der Waals surface area (Å²) in [6.07, 6.45) is -0.0107. The normalized spacial score (nSPS) is 13.1.